The van der Waals surface area contributed by atoms with Crippen LogP contribution in [0.25, 0.3) is 5.57 Å². The second-order valence-electron chi connectivity index (χ2n) is 6.43. The van der Waals surface area contributed by atoms with Gasteiger partial charge in [-0.2, -0.15) is 0 Å². The lowest BCUT2D eigenvalue weighted by atomic mass is 10.0. The average molecular weight is 442 g/mol. The van der Waals surface area contributed by atoms with Gasteiger partial charge in [0.05, 0.1) is 0 Å². The Bertz CT molecular complexity index is 1050. The molecule has 0 radical (unpaired) electrons. The van der Waals surface area contributed by atoms with Crippen LogP contribution >= 0.6 is 23.2 Å². The summed E-state index contributed by atoms with van der Waals surface area (Å²) in [4.78, 5) is 0. The molecule has 154 valence electrons. The molecule has 6 heteroatoms. The van der Waals surface area contributed by atoms with Gasteiger partial charge in [0.15, 0.2) is 0 Å². The third-order valence-corrected chi connectivity index (χ3v) is 4.73. The first-order chi connectivity index (χ1) is 14.5. The lowest BCUT2D eigenvalue weighted by Gasteiger charge is -2.15. The Morgan fingerprint density at radius 3 is 2.17 bits per heavy atom. The zero-order valence-electron chi connectivity index (χ0n) is 16.4. The van der Waals surface area contributed by atoms with E-state index in [1.165, 1.54) is 0 Å². The zero-order chi connectivity index (χ0) is 21.5. The summed E-state index contributed by atoms with van der Waals surface area (Å²) in [5.74, 6) is 1.64. The minimum atomic E-state index is 0.0373. The van der Waals surface area contributed by atoms with Gasteiger partial charge in [0, 0.05) is 40.5 Å². The van der Waals surface area contributed by atoms with Crippen LogP contribution < -0.4 is 14.8 Å². The van der Waals surface area contributed by atoms with E-state index in [0.29, 0.717) is 45.0 Å². The standard InChI is InChI=1S/C24H21Cl2NO3/c1-16(24(14-27-2)30-20-9-7-19(26)8-10-20)22-12-11-21(13-23(22)28)29-15-17-3-5-18(25)6-4-17/h3-14,27-28H,1,15H2,2H3/b24-14+. The van der Waals surface area contributed by atoms with Crippen LogP contribution in [0.15, 0.2) is 85.3 Å². The lowest BCUT2D eigenvalue weighted by molar-refractivity contribution is 0.304. The fourth-order valence-corrected chi connectivity index (χ4v) is 2.93. The third kappa shape index (κ3) is 5.72. The first-order valence-electron chi connectivity index (χ1n) is 9.17. The smallest absolute Gasteiger partial charge is 0.150 e. The number of aromatic hydroxyl groups is 1. The fourth-order valence-electron chi connectivity index (χ4n) is 2.68. The Hall–Kier alpha value is -3.08. The van der Waals surface area contributed by atoms with Crippen molar-refractivity contribution in [2.45, 2.75) is 6.61 Å². The van der Waals surface area contributed by atoms with Crippen molar-refractivity contribution in [3.63, 3.8) is 0 Å². The van der Waals surface area contributed by atoms with Crippen molar-refractivity contribution in [3.05, 3.63) is 106 Å². The molecule has 0 saturated heterocycles. The van der Waals surface area contributed by atoms with Gasteiger partial charge in [0.2, 0.25) is 0 Å². The average Bonchev–Trinajstić information content (AvgIpc) is 2.74. The Morgan fingerprint density at radius 2 is 1.57 bits per heavy atom. The predicted octanol–water partition coefficient (Wildman–Crippen LogP) is 6.43. The van der Waals surface area contributed by atoms with Crippen LogP contribution in [0.2, 0.25) is 10.0 Å². The second-order valence-corrected chi connectivity index (χ2v) is 7.30. The zero-order valence-corrected chi connectivity index (χ0v) is 17.9. The van der Waals surface area contributed by atoms with E-state index < -0.39 is 0 Å². The lowest BCUT2D eigenvalue weighted by Crippen LogP contribution is -2.05. The largest absolute Gasteiger partial charge is 0.507 e. The maximum absolute atomic E-state index is 10.5. The Morgan fingerprint density at radius 1 is 0.967 bits per heavy atom. The molecule has 0 fully saturated rings. The van der Waals surface area contributed by atoms with Crippen LogP contribution in [0.3, 0.4) is 0 Å². The van der Waals surface area contributed by atoms with Crippen LogP contribution in [0.1, 0.15) is 11.1 Å². The van der Waals surface area contributed by atoms with Crippen LogP contribution in [0, 0.1) is 0 Å². The topological polar surface area (TPSA) is 50.7 Å². The van der Waals surface area contributed by atoms with Crippen molar-refractivity contribution in [2.75, 3.05) is 7.05 Å². The first kappa shape index (κ1) is 21.6. The van der Waals surface area contributed by atoms with Crippen molar-refractivity contribution < 1.29 is 14.6 Å². The number of phenols is 1. The summed E-state index contributed by atoms with van der Waals surface area (Å²) >= 11 is 11.8. The highest BCUT2D eigenvalue weighted by Gasteiger charge is 2.14. The number of hydrogen-bond donors (Lipinski definition) is 2. The molecule has 0 bridgehead atoms. The van der Waals surface area contributed by atoms with Gasteiger partial charge in [-0.3, -0.25) is 0 Å². The summed E-state index contributed by atoms with van der Waals surface area (Å²) in [6, 6.07) is 19.4. The predicted molar refractivity (Wildman–Crippen MR) is 122 cm³/mol. The molecule has 30 heavy (non-hydrogen) atoms. The number of ether oxygens (including phenoxy) is 2. The van der Waals surface area contributed by atoms with Gasteiger partial charge >= 0.3 is 0 Å². The summed E-state index contributed by atoms with van der Waals surface area (Å²) in [5, 5.41) is 14.8. The quantitative estimate of drug-likeness (QED) is 0.312. The highest BCUT2D eigenvalue weighted by atomic mass is 35.5. The molecule has 4 nitrogen and oxygen atoms in total. The van der Waals surface area contributed by atoms with Crippen LogP contribution in [-0.4, -0.2) is 12.2 Å². The van der Waals surface area contributed by atoms with Crippen molar-refractivity contribution in [1.29, 1.82) is 0 Å². The minimum Gasteiger partial charge on any atom is -0.507 e. The molecule has 3 rings (SSSR count). The fraction of sp³-hybridized carbons (Fsp3) is 0.0833. The molecule has 0 heterocycles. The number of nitrogens with one attached hydrogen (secondary N) is 1. The molecule has 0 aromatic heterocycles. The normalized spacial score (nSPS) is 11.1. The van der Waals surface area contributed by atoms with E-state index in [9.17, 15) is 5.11 Å². The molecular formula is C24H21Cl2NO3. The molecule has 0 aliphatic rings. The Balaban J connectivity index is 1.73. The van der Waals surface area contributed by atoms with Crippen molar-refractivity contribution in [1.82, 2.24) is 5.32 Å². The van der Waals surface area contributed by atoms with Crippen LogP contribution in [0.4, 0.5) is 0 Å². The van der Waals surface area contributed by atoms with Gasteiger partial charge in [0.1, 0.15) is 29.6 Å². The number of benzene rings is 3. The summed E-state index contributed by atoms with van der Waals surface area (Å²) < 4.78 is 11.7. The maximum atomic E-state index is 10.5. The molecule has 3 aromatic carbocycles. The molecule has 0 aliphatic carbocycles. The highest BCUT2D eigenvalue weighted by Crippen LogP contribution is 2.33. The van der Waals surface area contributed by atoms with Crippen molar-refractivity contribution in [2.24, 2.45) is 0 Å². The van der Waals surface area contributed by atoms with E-state index in [0.717, 1.165) is 5.56 Å². The van der Waals surface area contributed by atoms with E-state index in [1.54, 1.807) is 67.8 Å². The number of phenolic OH excluding ortho intramolecular Hbond substituents is 1. The number of allylic oxidation sites excluding steroid dienone is 1. The van der Waals surface area contributed by atoms with Crippen molar-refractivity contribution >= 4 is 28.8 Å². The van der Waals surface area contributed by atoms with E-state index in [-0.39, 0.29) is 5.75 Å². The summed E-state index contributed by atoms with van der Waals surface area (Å²) in [7, 11) is 1.76. The Kier molecular flexibility index (Phi) is 7.28. The first-order valence-corrected chi connectivity index (χ1v) is 9.92. The van der Waals surface area contributed by atoms with E-state index in [1.807, 2.05) is 12.1 Å². The summed E-state index contributed by atoms with van der Waals surface area (Å²) in [5.41, 5.74) is 2.02. The molecule has 2 N–H and O–H groups in total. The van der Waals surface area contributed by atoms with E-state index >= 15 is 0 Å². The Labute approximate surface area is 186 Å². The molecule has 0 saturated carbocycles. The number of halogens is 2. The van der Waals surface area contributed by atoms with Gasteiger partial charge in [0.25, 0.3) is 0 Å². The highest BCUT2D eigenvalue weighted by molar-refractivity contribution is 6.30. The number of rotatable bonds is 8. The molecule has 0 amide bonds. The summed E-state index contributed by atoms with van der Waals surface area (Å²) in [6.07, 6.45) is 1.67. The van der Waals surface area contributed by atoms with E-state index in [2.05, 4.69) is 11.9 Å². The van der Waals surface area contributed by atoms with E-state index in [4.69, 9.17) is 32.7 Å². The minimum absolute atomic E-state index is 0.0373. The number of hydrogen-bond acceptors (Lipinski definition) is 4. The van der Waals surface area contributed by atoms with Gasteiger partial charge in [-0.05, 0) is 54.1 Å². The monoisotopic (exact) mass is 441 g/mol. The molecule has 0 spiro atoms. The molecular weight excluding hydrogens is 421 g/mol. The third-order valence-electron chi connectivity index (χ3n) is 4.23. The van der Waals surface area contributed by atoms with Gasteiger partial charge in [-0.25, -0.2) is 0 Å². The van der Waals surface area contributed by atoms with Crippen LogP contribution in [0.5, 0.6) is 17.2 Å². The molecule has 0 atom stereocenters. The van der Waals surface area contributed by atoms with Gasteiger partial charge < -0.3 is 19.9 Å². The molecule has 0 unspecified atom stereocenters. The van der Waals surface area contributed by atoms with Gasteiger partial charge in [-0.15, -0.1) is 0 Å². The summed E-state index contributed by atoms with van der Waals surface area (Å²) in [6.45, 7) is 4.44. The molecule has 0 aliphatic heterocycles. The SMILES string of the molecule is C=C(/C(=C\NC)Oc1ccc(Cl)cc1)c1ccc(OCc2ccc(Cl)cc2)cc1O. The van der Waals surface area contributed by atoms with Crippen LogP contribution in [-0.2, 0) is 6.61 Å². The van der Waals surface area contributed by atoms with Gasteiger partial charge in [-0.1, -0.05) is 41.9 Å². The maximum Gasteiger partial charge on any atom is 0.150 e. The second kappa shape index (κ2) is 10.1. The van der Waals surface area contributed by atoms with Crippen molar-refractivity contribution in [3.8, 4) is 17.2 Å². The molecule has 3 aromatic rings.